The number of carbonyl (C=O) groups is 3. The molecule has 0 radical (unpaired) electrons. The Hall–Kier alpha value is -2.21. The first kappa shape index (κ1) is 15.2. The fourth-order valence-corrected chi connectivity index (χ4v) is 2.24. The van der Waals surface area contributed by atoms with Crippen LogP contribution in [0.1, 0.15) is 18.9 Å². The molecular weight excluding hydrogens is 270 g/mol. The molecule has 0 aliphatic carbocycles. The molecule has 1 aliphatic rings. The number of aryl methyl sites for hydroxylation is 1. The summed E-state index contributed by atoms with van der Waals surface area (Å²) in [6.07, 6.45) is 0.585. The van der Waals surface area contributed by atoms with Gasteiger partial charge in [0.2, 0.25) is 17.7 Å². The van der Waals surface area contributed by atoms with Crippen LogP contribution in [-0.4, -0.2) is 41.8 Å². The number of carbonyl (C=O) groups excluding carboxylic acids is 3. The van der Waals surface area contributed by atoms with Crippen LogP contribution in [0.3, 0.4) is 0 Å². The maximum Gasteiger partial charge on any atom is 0.246 e. The Morgan fingerprint density at radius 1 is 1.38 bits per heavy atom. The first-order valence-electron chi connectivity index (χ1n) is 6.96. The fraction of sp³-hybridized carbons (Fsp3) is 0.400. The predicted molar refractivity (Wildman–Crippen MR) is 78.6 cm³/mol. The van der Waals surface area contributed by atoms with Crippen molar-refractivity contribution in [1.82, 2.24) is 10.2 Å². The van der Waals surface area contributed by atoms with E-state index in [0.29, 0.717) is 12.1 Å². The molecule has 6 nitrogen and oxygen atoms in total. The molecule has 1 aromatic rings. The summed E-state index contributed by atoms with van der Waals surface area (Å²) in [5, 5.41) is 5.58. The number of hydrogen-bond acceptors (Lipinski definition) is 4. The van der Waals surface area contributed by atoms with E-state index in [9.17, 15) is 14.4 Å². The monoisotopic (exact) mass is 289 g/mol. The highest BCUT2D eigenvalue weighted by Crippen LogP contribution is 2.13. The second-order valence-corrected chi connectivity index (χ2v) is 5.02. The Kier molecular flexibility index (Phi) is 4.70. The zero-order valence-corrected chi connectivity index (χ0v) is 12.2. The topological polar surface area (TPSA) is 78.5 Å². The molecule has 1 aliphatic heterocycles. The lowest BCUT2D eigenvalue weighted by Crippen LogP contribution is -2.59. The molecule has 21 heavy (non-hydrogen) atoms. The van der Waals surface area contributed by atoms with Gasteiger partial charge in [0.1, 0.15) is 6.54 Å². The molecule has 6 heteroatoms. The number of anilines is 1. The minimum Gasteiger partial charge on any atom is -0.324 e. The molecule has 1 heterocycles. The first-order chi connectivity index (χ1) is 10.0. The molecule has 2 rings (SSSR count). The zero-order valence-electron chi connectivity index (χ0n) is 12.2. The molecule has 0 aromatic heterocycles. The van der Waals surface area contributed by atoms with E-state index < -0.39 is 6.04 Å². The van der Waals surface area contributed by atoms with E-state index in [4.69, 9.17) is 0 Å². The number of nitrogens with zero attached hydrogens (tertiary/aromatic N) is 1. The van der Waals surface area contributed by atoms with E-state index in [-0.39, 0.29) is 30.8 Å². The second kappa shape index (κ2) is 6.49. The molecule has 1 atom stereocenters. The summed E-state index contributed by atoms with van der Waals surface area (Å²) in [6, 6.07) is 6.96. The number of nitrogens with one attached hydrogen (secondary N) is 2. The Labute approximate surface area is 123 Å². The van der Waals surface area contributed by atoms with Gasteiger partial charge in [-0.15, -0.1) is 0 Å². The number of piperazine rings is 1. The van der Waals surface area contributed by atoms with Crippen LogP contribution in [0, 0.1) is 6.92 Å². The third-order valence-corrected chi connectivity index (χ3v) is 3.49. The maximum absolute atomic E-state index is 12.1. The van der Waals surface area contributed by atoms with E-state index in [1.165, 1.54) is 0 Å². The lowest BCUT2D eigenvalue weighted by atomic mass is 10.1. The van der Waals surface area contributed by atoms with Gasteiger partial charge in [0.05, 0.1) is 12.6 Å². The smallest absolute Gasteiger partial charge is 0.246 e. The summed E-state index contributed by atoms with van der Waals surface area (Å²) in [5.74, 6) is -1.08. The van der Waals surface area contributed by atoms with Crippen molar-refractivity contribution in [3.8, 4) is 0 Å². The molecular formula is C15H19N3O3. The van der Waals surface area contributed by atoms with Gasteiger partial charge in [-0.1, -0.05) is 25.1 Å². The van der Waals surface area contributed by atoms with E-state index >= 15 is 0 Å². The van der Waals surface area contributed by atoms with Gasteiger partial charge in [-0.3, -0.25) is 24.6 Å². The quantitative estimate of drug-likeness (QED) is 0.799. The highest BCUT2D eigenvalue weighted by Gasteiger charge is 2.33. The average molecular weight is 289 g/mol. The molecule has 112 valence electrons. The Morgan fingerprint density at radius 2 is 2.10 bits per heavy atom. The van der Waals surface area contributed by atoms with Crippen molar-refractivity contribution in [2.45, 2.75) is 26.3 Å². The van der Waals surface area contributed by atoms with Crippen LogP contribution in [0.25, 0.3) is 0 Å². The van der Waals surface area contributed by atoms with Gasteiger partial charge in [0, 0.05) is 5.69 Å². The van der Waals surface area contributed by atoms with Crippen molar-refractivity contribution in [2.75, 3.05) is 18.4 Å². The number of imide groups is 1. The molecule has 0 bridgehead atoms. The van der Waals surface area contributed by atoms with Crippen molar-refractivity contribution in [1.29, 1.82) is 0 Å². The van der Waals surface area contributed by atoms with Crippen molar-refractivity contribution in [2.24, 2.45) is 0 Å². The van der Waals surface area contributed by atoms with Gasteiger partial charge < -0.3 is 5.32 Å². The van der Waals surface area contributed by atoms with Crippen LogP contribution in [-0.2, 0) is 14.4 Å². The van der Waals surface area contributed by atoms with Gasteiger partial charge in [0.15, 0.2) is 0 Å². The SMILES string of the molecule is CCC1NCC(=O)N(CC(=O)Nc2ccccc2C)C1=O. The lowest BCUT2D eigenvalue weighted by Gasteiger charge is -2.30. The summed E-state index contributed by atoms with van der Waals surface area (Å²) in [4.78, 5) is 36.9. The Bertz CT molecular complexity index is 571. The standard InChI is InChI=1S/C15H19N3O3/c1-3-11-15(21)18(14(20)8-16-11)9-13(19)17-12-7-5-4-6-10(12)2/h4-7,11,16H,3,8-9H2,1-2H3,(H,17,19). The van der Waals surface area contributed by atoms with Crippen molar-refractivity contribution in [3.63, 3.8) is 0 Å². The number of hydrogen-bond donors (Lipinski definition) is 2. The fourth-order valence-electron chi connectivity index (χ4n) is 2.24. The normalized spacial score (nSPS) is 18.8. The van der Waals surface area contributed by atoms with Crippen LogP contribution in [0.15, 0.2) is 24.3 Å². The van der Waals surface area contributed by atoms with E-state index in [1.807, 2.05) is 32.0 Å². The summed E-state index contributed by atoms with van der Waals surface area (Å²) in [7, 11) is 0. The average Bonchev–Trinajstić information content (AvgIpc) is 2.46. The van der Waals surface area contributed by atoms with Gasteiger partial charge in [-0.05, 0) is 25.0 Å². The number of para-hydroxylation sites is 1. The molecule has 1 saturated heterocycles. The lowest BCUT2D eigenvalue weighted by molar-refractivity contribution is -0.151. The van der Waals surface area contributed by atoms with Gasteiger partial charge in [-0.25, -0.2) is 0 Å². The van der Waals surface area contributed by atoms with Crippen LogP contribution < -0.4 is 10.6 Å². The van der Waals surface area contributed by atoms with Crippen molar-refractivity contribution >= 4 is 23.4 Å². The second-order valence-electron chi connectivity index (χ2n) is 5.02. The summed E-state index contributed by atoms with van der Waals surface area (Å²) < 4.78 is 0. The molecule has 1 aromatic carbocycles. The third-order valence-electron chi connectivity index (χ3n) is 3.49. The first-order valence-corrected chi connectivity index (χ1v) is 6.96. The summed E-state index contributed by atoms with van der Waals surface area (Å²) in [6.45, 7) is 3.58. The predicted octanol–water partition coefficient (Wildman–Crippen LogP) is 0.671. The zero-order chi connectivity index (χ0) is 15.4. The molecule has 2 N–H and O–H groups in total. The minimum atomic E-state index is -0.394. The van der Waals surface area contributed by atoms with Crippen LogP contribution in [0.5, 0.6) is 0 Å². The minimum absolute atomic E-state index is 0.0852. The van der Waals surface area contributed by atoms with Crippen LogP contribution in [0.4, 0.5) is 5.69 Å². The molecule has 3 amide bonds. The maximum atomic E-state index is 12.1. The van der Waals surface area contributed by atoms with Crippen molar-refractivity contribution in [3.05, 3.63) is 29.8 Å². The third kappa shape index (κ3) is 3.46. The Balaban J connectivity index is 2.03. The molecule has 1 unspecified atom stereocenters. The van der Waals surface area contributed by atoms with E-state index in [1.54, 1.807) is 6.07 Å². The van der Waals surface area contributed by atoms with Gasteiger partial charge >= 0.3 is 0 Å². The molecule has 0 saturated carbocycles. The van der Waals surface area contributed by atoms with E-state index in [2.05, 4.69) is 10.6 Å². The van der Waals surface area contributed by atoms with Gasteiger partial charge in [-0.2, -0.15) is 0 Å². The highest BCUT2D eigenvalue weighted by atomic mass is 16.2. The summed E-state index contributed by atoms with van der Waals surface area (Å²) in [5.41, 5.74) is 1.61. The number of rotatable bonds is 4. The van der Waals surface area contributed by atoms with Crippen LogP contribution in [0.2, 0.25) is 0 Å². The molecule has 0 spiro atoms. The summed E-state index contributed by atoms with van der Waals surface area (Å²) >= 11 is 0. The number of amides is 3. The number of benzene rings is 1. The van der Waals surface area contributed by atoms with Crippen molar-refractivity contribution < 1.29 is 14.4 Å². The highest BCUT2D eigenvalue weighted by molar-refractivity contribution is 6.05. The molecule has 1 fully saturated rings. The van der Waals surface area contributed by atoms with Gasteiger partial charge in [0.25, 0.3) is 0 Å². The van der Waals surface area contributed by atoms with Crippen LogP contribution >= 0.6 is 0 Å². The largest absolute Gasteiger partial charge is 0.324 e. The van der Waals surface area contributed by atoms with E-state index in [0.717, 1.165) is 10.5 Å². The Morgan fingerprint density at radius 3 is 2.76 bits per heavy atom.